The van der Waals surface area contributed by atoms with Crippen molar-refractivity contribution < 1.29 is 14.3 Å². The minimum Gasteiger partial charge on any atom is -0.386 e. The molecule has 4 nitrogen and oxygen atoms in total. The van der Waals surface area contributed by atoms with Gasteiger partial charge in [0.25, 0.3) is 5.91 Å². The maximum absolute atomic E-state index is 13.4. The van der Waals surface area contributed by atoms with Crippen molar-refractivity contribution in [3.05, 3.63) is 58.6 Å². The second-order valence-corrected chi connectivity index (χ2v) is 4.42. The fraction of sp³-hybridized carbons (Fsp3) is 0.154. The fourth-order valence-electron chi connectivity index (χ4n) is 1.64. The van der Waals surface area contributed by atoms with E-state index in [1.54, 1.807) is 6.07 Å². The molecule has 100 valence electrons. The molecule has 1 heterocycles. The Morgan fingerprint density at radius 3 is 2.84 bits per heavy atom. The molecular weight excluding hydrogens is 271 g/mol. The average Bonchev–Trinajstić information content (AvgIpc) is 2.83. The maximum atomic E-state index is 13.4. The van der Waals surface area contributed by atoms with E-state index in [-0.39, 0.29) is 17.8 Å². The van der Waals surface area contributed by atoms with Gasteiger partial charge in [0.15, 0.2) is 0 Å². The van der Waals surface area contributed by atoms with Crippen molar-refractivity contribution >= 4 is 17.5 Å². The SMILES string of the molecule is O=C(NCC(O)c1ccccc1F)c1cc(Cl)c[nH]1. The monoisotopic (exact) mass is 282 g/mol. The molecule has 1 atom stereocenters. The van der Waals surface area contributed by atoms with Gasteiger partial charge in [0.05, 0.1) is 11.1 Å². The number of amides is 1. The van der Waals surface area contributed by atoms with Crippen molar-refractivity contribution in [1.29, 1.82) is 0 Å². The van der Waals surface area contributed by atoms with E-state index in [4.69, 9.17) is 11.6 Å². The Morgan fingerprint density at radius 2 is 2.21 bits per heavy atom. The number of aliphatic hydroxyl groups excluding tert-OH is 1. The summed E-state index contributed by atoms with van der Waals surface area (Å²) in [4.78, 5) is 14.4. The molecule has 6 heteroatoms. The predicted molar refractivity (Wildman–Crippen MR) is 69.5 cm³/mol. The van der Waals surface area contributed by atoms with Crippen LogP contribution in [0.5, 0.6) is 0 Å². The van der Waals surface area contributed by atoms with Crippen LogP contribution in [0.4, 0.5) is 4.39 Å². The molecule has 2 aromatic rings. The highest BCUT2D eigenvalue weighted by Gasteiger charge is 2.14. The van der Waals surface area contributed by atoms with Crippen LogP contribution in [0.15, 0.2) is 36.5 Å². The lowest BCUT2D eigenvalue weighted by atomic mass is 10.1. The fourth-order valence-corrected chi connectivity index (χ4v) is 1.80. The smallest absolute Gasteiger partial charge is 0.267 e. The van der Waals surface area contributed by atoms with E-state index >= 15 is 0 Å². The third-order valence-electron chi connectivity index (χ3n) is 2.61. The molecule has 0 bridgehead atoms. The number of aromatic amines is 1. The number of halogens is 2. The highest BCUT2D eigenvalue weighted by atomic mass is 35.5. The molecule has 0 spiro atoms. The second-order valence-electron chi connectivity index (χ2n) is 3.98. The van der Waals surface area contributed by atoms with E-state index in [9.17, 15) is 14.3 Å². The lowest BCUT2D eigenvalue weighted by Gasteiger charge is -2.12. The van der Waals surface area contributed by atoms with Crippen LogP contribution in [-0.2, 0) is 0 Å². The van der Waals surface area contributed by atoms with Gasteiger partial charge in [-0.1, -0.05) is 29.8 Å². The largest absolute Gasteiger partial charge is 0.386 e. The summed E-state index contributed by atoms with van der Waals surface area (Å²) in [6, 6.07) is 7.34. The van der Waals surface area contributed by atoms with E-state index in [0.29, 0.717) is 5.02 Å². The van der Waals surface area contributed by atoms with E-state index in [2.05, 4.69) is 10.3 Å². The number of carbonyl (C=O) groups excluding carboxylic acids is 1. The molecule has 1 aromatic heterocycles. The Morgan fingerprint density at radius 1 is 1.47 bits per heavy atom. The molecule has 1 amide bonds. The van der Waals surface area contributed by atoms with Gasteiger partial charge in [-0.3, -0.25) is 4.79 Å². The number of H-pyrrole nitrogens is 1. The third-order valence-corrected chi connectivity index (χ3v) is 2.83. The molecule has 0 aliphatic carbocycles. The highest BCUT2D eigenvalue weighted by Crippen LogP contribution is 2.16. The third kappa shape index (κ3) is 3.33. The van der Waals surface area contributed by atoms with Crippen molar-refractivity contribution in [1.82, 2.24) is 10.3 Å². The van der Waals surface area contributed by atoms with Gasteiger partial charge in [-0.25, -0.2) is 4.39 Å². The summed E-state index contributed by atoms with van der Waals surface area (Å²) < 4.78 is 13.4. The summed E-state index contributed by atoms with van der Waals surface area (Å²) in [6.45, 7) is -0.0869. The number of carbonyl (C=O) groups is 1. The zero-order chi connectivity index (χ0) is 13.8. The molecule has 0 aliphatic rings. The Hall–Kier alpha value is -1.85. The summed E-state index contributed by atoms with van der Waals surface area (Å²) >= 11 is 5.67. The molecule has 0 saturated heterocycles. The van der Waals surface area contributed by atoms with Gasteiger partial charge in [-0.2, -0.15) is 0 Å². The summed E-state index contributed by atoms with van der Waals surface area (Å²) in [5, 5.41) is 12.7. The Balaban J connectivity index is 1.96. The summed E-state index contributed by atoms with van der Waals surface area (Å²) in [6.07, 6.45) is 0.375. The quantitative estimate of drug-likeness (QED) is 0.805. The van der Waals surface area contributed by atoms with E-state index in [1.165, 1.54) is 30.5 Å². The van der Waals surface area contributed by atoms with Gasteiger partial charge in [0.2, 0.25) is 0 Å². The van der Waals surface area contributed by atoms with Crippen LogP contribution >= 0.6 is 11.6 Å². The number of hydrogen-bond acceptors (Lipinski definition) is 2. The molecule has 1 aromatic carbocycles. The lowest BCUT2D eigenvalue weighted by molar-refractivity contribution is 0.0910. The van der Waals surface area contributed by atoms with Gasteiger partial charge >= 0.3 is 0 Å². The Bertz CT molecular complexity index is 586. The minimum atomic E-state index is -1.10. The van der Waals surface area contributed by atoms with E-state index in [0.717, 1.165) is 0 Å². The van der Waals surface area contributed by atoms with Crippen LogP contribution in [0.3, 0.4) is 0 Å². The van der Waals surface area contributed by atoms with Crippen LogP contribution in [-0.4, -0.2) is 22.5 Å². The predicted octanol–water partition coefficient (Wildman–Crippen LogP) is 2.27. The molecule has 19 heavy (non-hydrogen) atoms. The topological polar surface area (TPSA) is 65.1 Å². The minimum absolute atomic E-state index is 0.0869. The van der Waals surface area contributed by atoms with Crippen molar-refractivity contribution in [2.75, 3.05) is 6.54 Å². The van der Waals surface area contributed by atoms with Crippen LogP contribution in [0, 0.1) is 5.82 Å². The van der Waals surface area contributed by atoms with Crippen molar-refractivity contribution in [3.63, 3.8) is 0 Å². The summed E-state index contributed by atoms with van der Waals surface area (Å²) in [5.41, 5.74) is 0.429. The first-order chi connectivity index (χ1) is 9.08. The molecule has 0 fully saturated rings. The second kappa shape index (κ2) is 5.86. The molecule has 3 N–H and O–H groups in total. The van der Waals surface area contributed by atoms with Gasteiger partial charge in [0, 0.05) is 18.3 Å². The Labute approximate surface area is 114 Å². The van der Waals surface area contributed by atoms with Crippen LogP contribution in [0.1, 0.15) is 22.2 Å². The van der Waals surface area contributed by atoms with Gasteiger partial charge in [-0.15, -0.1) is 0 Å². The van der Waals surface area contributed by atoms with Crippen molar-refractivity contribution in [3.8, 4) is 0 Å². The Kier molecular flexibility index (Phi) is 4.19. The first-order valence-corrected chi connectivity index (χ1v) is 6.00. The van der Waals surface area contributed by atoms with Gasteiger partial charge < -0.3 is 15.4 Å². The average molecular weight is 283 g/mol. The normalized spacial score (nSPS) is 12.2. The lowest BCUT2D eigenvalue weighted by Crippen LogP contribution is -2.28. The zero-order valence-electron chi connectivity index (χ0n) is 9.86. The van der Waals surface area contributed by atoms with Gasteiger partial charge in [-0.05, 0) is 12.1 Å². The highest BCUT2D eigenvalue weighted by molar-refractivity contribution is 6.30. The number of aromatic nitrogens is 1. The first-order valence-electron chi connectivity index (χ1n) is 5.62. The molecule has 0 saturated carbocycles. The zero-order valence-corrected chi connectivity index (χ0v) is 10.6. The van der Waals surface area contributed by atoms with Crippen molar-refractivity contribution in [2.45, 2.75) is 6.10 Å². The first kappa shape index (κ1) is 13.6. The molecular formula is C13H12ClFN2O2. The number of benzene rings is 1. The summed E-state index contributed by atoms with van der Waals surface area (Å²) in [5.74, 6) is -0.922. The number of hydrogen-bond donors (Lipinski definition) is 3. The maximum Gasteiger partial charge on any atom is 0.267 e. The number of aliphatic hydroxyl groups is 1. The standard InChI is InChI=1S/C13H12ClFN2O2/c14-8-5-11(16-6-8)13(19)17-7-12(18)9-3-1-2-4-10(9)15/h1-6,12,16,18H,7H2,(H,17,19). The number of rotatable bonds is 4. The van der Waals surface area contributed by atoms with E-state index in [1.807, 2.05) is 0 Å². The van der Waals surface area contributed by atoms with Crippen LogP contribution < -0.4 is 5.32 Å². The van der Waals surface area contributed by atoms with Crippen molar-refractivity contribution in [2.24, 2.45) is 0 Å². The van der Waals surface area contributed by atoms with Crippen LogP contribution in [0.2, 0.25) is 5.02 Å². The molecule has 1 unspecified atom stereocenters. The van der Waals surface area contributed by atoms with E-state index < -0.39 is 17.8 Å². The molecule has 0 radical (unpaired) electrons. The van der Waals surface area contributed by atoms with Crippen LogP contribution in [0.25, 0.3) is 0 Å². The summed E-state index contributed by atoms with van der Waals surface area (Å²) in [7, 11) is 0. The number of nitrogens with one attached hydrogen (secondary N) is 2. The van der Waals surface area contributed by atoms with Gasteiger partial charge in [0.1, 0.15) is 11.5 Å². The molecule has 2 rings (SSSR count). The molecule has 0 aliphatic heterocycles.